The van der Waals surface area contributed by atoms with Gasteiger partial charge in [0, 0.05) is 26.3 Å². The molecule has 0 saturated heterocycles. The van der Waals surface area contributed by atoms with Gasteiger partial charge < -0.3 is 9.88 Å². The minimum atomic E-state index is -3.56. The number of fused-ring (bicyclic) bond motifs is 1. The third-order valence-corrected chi connectivity index (χ3v) is 7.37. The normalized spacial score (nSPS) is 13.0. The predicted molar refractivity (Wildman–Crippen MR) is 117 cm³/mol. The van der Waals surface area contributed by atoms with Gasteiger partial charge in [0.05, 0.1) is 21.2 Å². The number of carbonyl (C=O) groups excluding carboxylic acids is 1. The van der Waals surface area contributed by atoms with Crippen molar-refractivity contribution in [3.63, 3.8) is 0 Å². The summed E-state index contributed by atoms with van der Waals surface area (Å²) >= 11 is 1.38. The largest absolute Gasteiger partial charge is 0.325 e. The van der Waals surface area contributed by atoms with Gasteiger partial charge >= 0.3 is 0 Å². The van der Waals surface area contributed by atoms with Crippen molar-refractivity contribution >= 4 is 44.4 Å². The number of anilines is 1. The van der Waals surface area contributed by atoms with E-state index in [4.69, 9.17) is 0 Å². The van der Waals surface area contributed by atoms with Crippen LogP contribution >= 0.6 is 11.8 Å². The molecule has 1 amide bonds. The van der Waals surface area contributed by atoms with Crippen LogP contribution in [0.3, 0.4) is 0 Å². The lowest BCUT2D eigenvalue weighted by molar-refractivity contribution is -0.115. The molecule has 1 N–H and O–H groups in total. The van der Waals surface area contributed by atoms with Gasteiger partial charge in [-0.1, -0.05) is 30.0 Å². The highest BCUT2D eigenvalue weighted by atomic mass is 32.2. The van der Waals surface area contributed by atoms with E-state index in [1.165, 1.54) is 38.0 Å². The molecular formula is C20H24N4O3S2. The highest BCUT2D eigenvalue weighted by Crippen LogP contribution is 2.28. The van der Waals surface area contributed by atoms with E-state index in [0.29, 0.717) is 5.69 Å². The van der Waals surface area contributed by atoms with Gasteiger partial charge in [0.15, 0.2) is 5.16 Å². The summed E-state index contributed by atoms with van der Waals surface area (Å²) in [4.78, 5) is 17.5. The summed E-state index contributed by atoms with van der Waals surface area (Å²) in [5, 5.41) is 3.17. The van der Waals surface area contributed by atoms with Crippen molar-refractivity contribution in [2.24, 2.45) is 0 Å². The Morgan fingerprint density at radius 3 is 2.62 bits per heavy atom. The summed E-state index contributed by atoms with van der Waals surface area (Å²) < 4.78 is 27.8. The molecule has 0 aliphatic carbocycles. The summed E-state index contributed by atoms with van der Waals surface area (Å²) in [5.74, 6) is -0.218. The molecule has 154 valence electrons. The summed E-state index contributed by atoms with van der Waals surface area (Å²) in [5.41, 5.74) is 2.37. The van der Waals surface area contributed by atoms with Crippen LogP contribution in [0.5, 0.6) is 0 Å². The van der Waals surface area contributed by atoms with E-state index in [0.717, 1.165) is 27.0 Å². The monoisotopic (exact) mass is 432 g/mol. The van der Waals surface area contributed by atoms with E-state index in [2.05, 4.69) is 14.9 Å². The number of sulfonamides is 1. The minimum absolute atomic E-state index is 0.133. The number of aromatic nitrogens is 2. The van der Waals surface area contributed by atoms with Crippen LogP contribution in [-0.2, 0) is 21.4 Å². The molecule has 1 atom stereocenters. The molecule has 0 bridgehead atoms. The van der Waals surface area contributed by atoms with E-state index in [9.17, 15) is 13.2 Å². The third-order valence-electron chi connectivity index (χ3n) is 4.47. The first-order valence-corrected chi connectivity index (χ1v) is 11.5. The summed E-state index contributed by atoms with van der Waals surface area (Å²) in [6.07, 6.45) is 0. The van der Waals surface area contributed by atoms with Crippen molar-refractivity contribution < 1.29 is 13.2 Å². The Balaban J connectivity index is 1.77. The van der Waals surface area contributed by atoms with Crippen LogP contribution in [0.4, 0.5) is 5.69 Å². The second kappa shape index (κ2) is 8.56. The number of aryl methyl sites for hydroxylation is 1. The zero-order valence-corrected chi connectivity index (χ0v) is 18.4. The van der Waals surface area contributed by atoms with Crippen LogP contribution in [0.25, 0.3) is 11.0 Å². The Hall–Kier alpha value is -2.36. The van der Waals surface area contributed by atoms with Gasteiger partial charge in [0.25, 0.3) is 0 Å². The zero-order valence-electron chi connectivity index (χ0n) is 16.8. The number of amides is 1. The first-order chi connectivity index (χ1) is 13.7. The maximum atomic E-state index is 12.7. The lowest BCUT2D eigenvalue weighted by Gasteiger charge is -2.15. The van der Waals surface area contributed by atoms with Gasteiger partial charge in [0.1, 0.15) is 0 Å². The number of hydrogen-bond donors (Lipinski definition) is 1. The quantitative estimate of drug-likeness (QED) is 0.578. The fourth-order valence-electron chi connectivity index (χ4n) is 2.85. The number of benzene rings is 2. The lowest BCUT2D eigenvalue weighted by atomic mass is 10.3. The number of thioether (sulfide) groups is 1. The molecule has 9 heteroatoms. The molecule has 1 heterocycles. The Morgan fingerprint density at radius 1 is 1.21 bits per heavy atom. The fourth-order valence-corrected chi connectivity index (χ4v) is 4.79. The standard InChI is InChI=1S/C20H24N4O3S2/c1-5-24-18-12-7-6-11-17(18)22-20(24)28-14(2)19(25)21-15-9-8-10-16(13-15)29(26,27)23(3)4/h6-14H,5H2,1-4H3,(H,21,25). The van der Waals surface area contributed by atoms with Gasteiger partial charge in [-0.15, -0.1) is 0 Å². The molecule has 3 rings (SSSR count). The Kier molecular flexibility index (Phi) is 6.30. The van der Waals surface area contributed by atoms with Gasteiger partial charge in [-0.3, -0.25) is 4.79 Å². The van der Waals surface area contributed by atoms with Gasteiger partial charge in [-0.2, -0.15) is 0 Å². The molecule has 0 aliphatic heterocycles. The van der Waals surface area contributed by atoms with Crippen LogP contribution in [0.15, 0.2) is 58.6 Å². The first kappa shape index (κ1) is 21.4. The topological polar surface area (TPSA) is 84.3 Å². The highest BCUT2D eigenvalue weighted by Gasteiger charge is 2.21. The van der Waals surface area contributed by atoms with E-state index >= 15 is 0 Å². The van der Waals surface area contributed by atoms with Gasteiger partial charge in [-0.05, 0) is 44.2 Å². The fraction of sp³-hybridized carbons (Fsp3) is 0.300. The lowest BCUT2D eigenvalue weighted by Crippen LogP contribution is -2.24. The van der Waals surface area contributed by atoms with E-state index in [-0.39, 0.29) is 10.8 Å². The van der Waals surface area contributed by atoms with Crippen molar-refractivity contribution in [1.82, 2.24) is 13.9 Å². The number of rotatable bonds is 7. The number of nitrogens with one attached hydrogen (secondary N) is 1. The smallest absolute Gasteiger partial charge is 0.242 e. The maximum Gasteiger partial charge on any atom is 0.242 e. The van der Waals surface area contributed by atoms with Crippen LogP contribution in [0, 0.1) is 0 Å². The molecular weight excluding hydrogens is 408 g/mol. The molecule has 29 heavy (non-hydrogen) atoms. The van der Waals surface area contributed by atoms with Gasteiger partial charge in [-0.25, -0.2) is 17.7 Å². The summed E-state index contributed by atoms with van der Waals surface area (Å²) in [6.45, 7) is 4.60. The second-order valence-electron chi connectivity index (χ2n) is 6.69. The Morgan fingerprint density at radius 2 is 1.93 bits per heavy atom. The first-order valence-electron chi connectivity index (χ1n) is 9.19. The molecule has 1 unspecified atom stereocenters. The van der Waals surface area contributed by atoms with Crippen molar-refractivity contribution in [2.45, 2.75) is 35.7 Å². The van der Waals surface area contributed by atoms with E-state index in [1.54, 1.807) is 19.1 Å². The molecule has 3 aromatic rings. The molecule has 2 aromatic carbocycles. The number of nitrogens with zero attached hydrogens (tertiary/aromatic N) is 3. The van der Waals surface area contributed by atoms with Crippen LogP contribution in [0.1, 0.15) is 13.8 Å². The Bertz CT molecular complexity index is 1140. The number of hydrogen-bond acceptors (Lipinski definition) is 5. The number of para-hydroxylation sites is 2. The zero-order chi connectivity index (χ0) is 21.2. The van der Waals surface area contributed by atoms with Crippen LogP contribution < -0.4 is 5.32 Å². The van der Waals surface area contributed by atoms with E-state index in [1.807, 2.05) is 31.2 Å². The van der Waals surface area contributed by atoms with Crippen molar-refractivity contribution in [1.29, 1.82) is 0 Å². The molecule has 1 aromatic heterocycles. The molecule has 0 spiro atoms. The molecule has 0 saturated carbocycles. The highest BCUT2D eigenvalue weighted by molar-refractivity contribution is 8.00. The molecule has 0 aliphatic rings. The molecule has 0 fully saturated rings. The summed E-state index contributed by atoms with van der Waals surface area (Å²) in [6, 6.07) is 14.1. The van der Waals surface area contributed by atoms with E-state index < -0.39 is 15.3 Å². The Labute approximate surface area is 175 Å². The van der Waals surface area contributed by atoms with Crippen molar-refractivity contribution in [3.8, 4) is 0 Å². The van der Waals surface area contributed by atoms with Crippen LogP contribution in [0.2, 0.25) is 0 Å². The maximum absolute atomic E-state index is 12.7. The average Bonchev–Trinajstić information content (AvgIpc) is 3.04. The third kappa shape index (κ3) is 4.47. The predicted octanol–water partition coefficient (Wildman–Crippen LogP) is 3.43. The van der Waals surface area contributed by atoms with Crippen molar-refractivity contribution in [3.05, 3.63) is 48.5 Å². The van der Waals surface area contributed by atoms with Gasteiger partial charge in [0.2, 0.25) is 15.9 Å². The SMILES string of the molecule is CCn1c(SC(C)C(=O)Nc2cccc(S(=O)(=O)N(C)C)c2)nc2ccccc21. The molecule has 7 nitrogen and oxygen atoms in total. The minimum Gasteiger partial charge on any atom is -0.325 e. The summed E-state index contributed by atoms with van der Waals surface area (Å²) in [7, 11) is -0.622. The molecule has 0 radical (unpaired) electrons. The number of imidazole rings is 1. The second-order valence-corrected chi connectivity index (χ2v) is 10.2. The average molecular weight is 433 g/mol. The van der Waals surface area contributed by atoms with Crippen LogP contribution in [-0.4, -0.2) is 47.5 Å². The van der Waals surface area contributed by atoms with Crippen molar-refractivity contribution in [2.75, 3.05) is 19.4 Å². The number of carbonyl (C=O) groups is 1.